The van der Waals surface area contributed by atoms with E-state index in [1.165, 1.54) is 16.0 Å². The summed E-state index contributed by atoms with van der Waals surface area (Å²) in [7, 11) is 3.22. The molecule has 2 aliphatic rings. The minimum Gasteiger partial charge on any atom is -0.497 e. The van der Waals surface area contributed by atoms with E-state index in [-0.39, 0.29) is 23.9 Å². The molecule has 0 radical (unpaired) electrons. The van der Waals surface area contributed by atoms with Crippen LogP contribution in [0.4, 0.5) is 0 Å². The Kier molecular flexibility index (Phi) is 3.68. The van der Waals surface area contributed by atoms with Gasteiger partial charge in [0, 0.05) is 19.5 Å². The number of hydrogen-bond acceptors (Lipinski definition) is 4. The fourth-order valence-electron chi connectivity index (χ4n) is 3.19. The lowest BCUT2D eigenvalue weighted by molar-refractivity contribution is -0.148. The number of fused-ring (bicyclic) bond motifs is 1. The second-order valence-electron chi connectivity index (χ2n) is 5.70. The molecule has 0 spiro atoms. The molecule has 0 saturated carbocycles. The predicted octanol–water partition coefficient (Wildman–Crippen LogP) is 1.42. The lowest BCUT2D eigenvalue weighted by Gasteiger charge is -2.30. The maximum Gasteiger partial charge on any atom is 0.246 e. The third-order valence-corrected chi connectivity index (χ3v) is 4.48. The summed E-state index contributed by atoms with van der Waals surface area (Å²) in [4.78, 5) is 24.9. The molecule has 21 heavy (non-hydrogen) atoms. The number of nitrogens with zero attached hydrogens (tertiary/aromatic N) is 1. The highest BCUT2D eigenvalue weighted by molar-refractivity contribution is 6.00. The molecule has 1 fully saturated rings. The first-order valence-corrected chi connectivity index (χ1v) is 7.33. The van der Waals surface area contributed by atoms with Crippen LogP contribution >= 0.6 is 0 Å². The zero-order chi connectivity index (χ0) is 15.0. The Labute approximate surface area is 124 Å². The van der Waals surface area contributed by atoms with Crippen molar-refractivity contribution in [3.63, 3.8) is 0 Å². The van der Waals surface area contributed by atoms with E-state index in [2.05, 4.69) is 11.4 Å². The summed E-state index contributed by atoms with van der Waals surface area (Å²) in [6.07, 6.45) is 2.99. The first-order chi connectivity index (χ1) is 10.1. The van der Waals surface area contributed by atoms with Gasteiger partial charge in [0.15, 0.2) is 0 Å². The number of ether oxygens (including phenoxy) is 1. The molecule has 2 atom stereocenters. The number of carbonyl (C=O) groups excluding carboxylic acids is 2. The van der Waals surface area contributed by atoms with E-state index < -0.39 is 0 Å². The lowest BCUT2D eigenvalue weighted by atomic mass is 10.0. The summed E-state index contributed by atoms with van der Waals surface area (Å²) in [5, 5.41) is 3.43. The molecule has 1 N–H and O–H groups in total. The molecule has 1 aromatic rings. The first kappa shape index (κ1) is 14.1. The van der Waals surface area contributed by atoms with Crippen LogP contribution in [0.2, 0.25) is 0 Å². The van der Waals surface area contributed by atoms with Crippen molar-refractivity contribution in [2.24, 2.45) is 0 Å². The van der Waals surface area contributed by atoms with Crippen molar-refractivity contribution >= 4 is 11.8 Å². The third-order valence-electron chi connectivity index (χ3n) is 4.48. The molecule has 5 nitrogen and oxygen atoms in total. The molecular formula is C16H20N2O3. The van der Waals surface area contributed by atoms with Gasteiger partial charge in [-0.05, 0) is 42.5 Å². The van der Waals surface area contributed by atoms with Crippen LogP contribution in [0.5, 0.6) is 5.75 Å². The van der Waals surface area contributed by atoms with E-state index in [0.717, 1.165) is 18.6 Å². The monoisotopic (exact) mass is 288 g/mol. The Morgan fingerprint density at radius 2 is 1.95 bits per heavy atom. The first-order valence-electron chi connectivity index (χ1n) is 7.33. The van der Waals surface area contributed by atoms with E-state index in [0.29, 0.717) is 12.8 Å². The van der Waals surface area contributed by atoms with Crippen LogP contribution in [-0.4, -0.2) is 36.9 Å². The summed E-state index contributed by atoms with van der Waals surface area (Å²) >= 11 is 0. The van der Waals surface area contributed by atoms with Gasteiger partial charge in [-0.15, -0.1) is 0 Å². The standard InChI is InChI=1S/C16H20N2O3/c1-18-15(19)8-7-14(16(18)20)17-13-6-4-10-3-5-11(21-2)9-12(10)13/h3,5,9,13-14,17H,4,6-8H2,1-2H3. The Hall–Kier alpha value is -1.88. The Bertz CT molecular complexity index is 585. The quantitative estimate of drug-likeness (QED) is 0.855. The highest BCUT2D eigenvalue weighted by Gasteiger charge is 2.34. The molecule has 3 rings (SSSR count). The number of amides is 2. The van der Waals surface area contributed by atoms with Gasteiger partial charge in [0.05, 0.1) is 13.2 Å². The van der Waals surface area contributed by atoms with Gasteiger partial charge < -0.3 is 4.74 Å². The van der Waals surface area contributed by atoms with Gasteiger partial charge in [-0.25, -0.2) is 0 Å². The smallest absolute Gasteiger partial charge is 0.246 e. The molecular weight excluding hydrogens is 268 g/mol. The summed E-state index contributed by atoms with van der Waals surface area (Å²) in [5.41, 5.74) is 2.52. The van der Waals surface area contributed by atoms with Crippen LogP contribution in [-0.2, 0) is 16.0 Å². The molecule has 0 bridgehead atoms. The molecule has 1 saturated heterocycles. The third kappa shape index (κ3) is 2.53. The van der Waals surface area contributed by atoms with Crippen LogP contribution < -0.4 is 10.1 Å². The maximum absolute atomic E-state index is 12.2. The summed E-state index contributed by atoms with van der Waals surface area (Å²) in [6.45, 7) is 0. The topological polar surface area (TPSA) is 58.6 Å². The van der Waals surface area contributed by atoms with Crippen molar-refractivity contribution in [1.29, 1.82) is 0 Å². The van der Waals surface area contributed by atoms with Crippen molar-refractivity contribution in [3.8, 4) is 5.75 Å². The van der Waals surface area contributed by atoms with Crippen LogP contribution in [0, 0.1) is 0 Å². The van der Waals surface area contributed by atoms with E-state index in [4.69, 9.17) is 4.74 Å². The number of nitrogens with one attached hydrogen (secondary N) is 1. The second-order valence-corrected chi connectivity index (χ2v) is 5.70. The molecule has 1 aliphatic carbocycles. The molecule has 1 aliphatic heterocycles. The fraction of sp³-hybridized carbons (Fsp3) is 0.500. The Balaban J connectivity index is 1.76. The SMILES string of the molecule is COc1ccc2c(c1)C(NC1CCC(=O)N(C)C1=O)CC2. The fourth-order valence-corrected chi connectivity index (χ4v) is 3.19. The number of likely N-dealkylation sites (N-methyl/N-ethyl adjacent to an activating group) is 1. The van der Waals surface area contributed by atoms with Crippen LogP contribution in [0.3, 0.4) is 0 Å². The number of methoxy groups -OCH3 is 1. The van der Waals surface area contributed by atoms with Gasteiger partial charge in [-0.2, -0.15) is 0 Å². The van der Waals surface area contributed by atoms with E-state index in [1.807, 2.05) is 12.1 Å². The maximum atomic E-state index is 12.2. The number of hydrogen-bond donors (Lipinski definition) is 1. The molecule has 112 valence electrons. The largest absolute Gasteiger partial charge is 0.497 e. The highest BCUT2D eigenvalue weighted by Crippen LogP contribution is 2.34. The molecule has 1 aromatic carbocycles. The number of rotatable bonds is 3. The number of benzene rings is 1. The van der Waals surface area contributed by atoms with E-state index in [1.54, 1.807) is 14.2 Å². The average molecular weight is 288 g/mol. The zero-order valence-corrected chi connectivity index (χ0v) is 12.4. The van der Waals surface area contributed by atoms with Gasteiger partial charge in [-0.1, -0.05) is 6.07 Å². The van der Waals surface area contributed by atoms with Gasteiger partial charge in [0.2, 0.25) is 11.8 Å². The van der Waals surface area contributed by atoms with Crippen molar-refractivity contribution in [3.05, 3.63) is 29.3 Å². The molecule has 0 aromatic heterocycles. The van der Waals surface area contributed by atoms with E-state index >= 15 is 0 Å². The zero-order valence-electron chi connectivity index (χ0n) is 12.4. The number of piperidine rings is 1. The number of likely N-dealkylation sites (tertiary alicyclic amines) is 1. The normalized spacial score (nSPS) is 25.1. The van der Waals surface area contributed by atoms with Crippen molar-refractivity contribution in [2.75, 3.05) is 14.2 Å². The second kappa shape index (κ2) is 5.48. The van der Waals surface area contributed by atoms with Crippen LogP contribution in [0.15, 0.2) is 18.2 Å². The van der Waals surface area contributed by atoms with Crippen molar-refractivity contribution in [1.82, 2.24) is 10.2 Å². The minimum absolute atomic E-state index is 0.0912. The van der Waals surface area contributed by atoms with Gasteiger partial charge in [0.25, 0.3) is 0 Å². The number of carbonyl (C=O) groups is 2. The number of imide groups is 1. The molecule has 5 heteroatoms. The Morgan fingerprint density at radius 3 is 2.71 bits per heavy atom. The number of aryl methyl sites for hydroxylation is 1. The van der Waals surface area contributed by atoms with Crippen LogP contribution in [0.1, 0.15) is 36.4 Å². The van der Waals surface area contributed by atoms with Crippen molar-refractivity contribution < 1.29 is 14.3 Å². The predicted molar refractivity (Wildman–Crippen MR) is 78.0 cm³/mol. The average Bonchev–Trinajstić information content (AvgIpc) is 2.90. The van der Waals surface area contributed by atoms with Crippen LogP contribution in [0.25, 0.3) is 0 Å². The molecule has 2 unspecified atom stereocenters. The molecule has 1 heterocycles. The summed E-state index contributed by atoms with van der Waals surface area (Å²) in [6, 6.07) is 6.00. The van der Waals surface area contributed by atoms with Gasteiger partial charge >= 0.3 is 0 Å². The minimum atomic E-state index is -0.269. The Morgan fingerprint density at radius 1 is 1.19 bits per heavy atom. The summed E-state index contributed by atoms with van der Waals surface area (Å²) < 4.78 is 5.28. The van der Waals surface area contributed by atoms with Crippen molar-refractivity contribution in [2.45, 2.75) is 37.8 Å². The highest BCUT2D eigenvalue weighted by atomic mass is 16.5. The summed E-state index contributed by atoms with van der Waals surface area (Å²) in [5.74, 6) is 0.624. The molecule has 2 amide bonds. The lowest BCUT2D eigenvalue weighted by Crippen LogP contribution is -2.52. The van der Waals surface area contributed by atoms with Gasteiger partial charge in [-0.3, -0.25) is 19.8 Å². The van der Waals surface area contributed by atoms with E-state index in [9.17, 15) is 9.59 Å². The van der Waals surface area contributed by atoms with Gasteiger partial charge in [0.1, 0.15) is 5.75 Å².